The van der Waals surface area contributed by atoms with Gasteiger partial charge in [0.15, 0.2) is 5.96 Å². The molecule has 1 fully saturated rings. The molecule has 3 rings (SSSR count). The van der Waals surface area contributed by atoms with E-state index >= 15 is 0 Å². The van der Waals surface area contributed by atoms with Crippen molar-refractivity contribution < 1.29 is 0 Å². The molecule has 122 valence electrons. The maximum atomic E-state index is 4.38. The Hall–Kier alpha value is -2.64. The quantitative estimate of drug-likeness (QED) is 0.640. The van der Waals surface area contributed by atoms with E-state index in [9.17, 15) is 0 Å². The van der Waals surface area contributed by atoms with E-state index in [-0.39, 0.29) is 0 Å². The van der Waals surface area contributed by atoms with E-state index in [1.165, 1.54) is 0 Å². The number of anilines is 1. The molecule has 0 amide bonds. The van der Waals surface area contributed by atoms with Gasteiger partial charge in [-0.05, 0) is 6.07 Å². The molecule has 0 bridgehead atoms. The molecule has 8 nitrogen and oxygen atoms in total. The van der Waals surface area contributed by atoms with Gasteiger partial charge in [0.1, 0.15) is 5.82 Å². The highest BCUT2D eigenvalue weighted by Crippen LogP contribution is 2.09. The highest BCUT2D eigenvalue weighted by atomic mass is 15.4. The molecule has 0 saturated carbocycles. The number of piperazine rings is 1. The van der Waals surface area contributed by atoms with Crippen molar-refractivity contribution in [3.8, 4) is 0 Å². The number of hydrogen-bond acceptors (Lipinski definition) is 5. The van der Waals surface area contributed by atoms with Gasteiger partial charge in [0.05, 0.1) is 6.54 Å². The van der Waals surface area contributed by atoms with Crippen molar-refractivity contribution in [2.75, 3.05) is 38.1 Å². The van der Waals surface area contributed by atoms with Crippen LogP contribution in [0.25, 0.3) is 0 Å². The van der Waals surface area contributed by atoms with Crippen LogP contribution >= 0.6 is 0 Å². The van der Waals surface area contributed by atoms with E-state index in [0.717, 1.165) is 43.9 Å². The summed E-state index contributed by atoms with van der Waals surface area (Å²) in [5.74, 6) is 2.69. The number of hydrogen-bond donors (Lipinski definition) is 1. The molecule has 0 unspecified atom stereocenters. The molecule has 1 N–H and O–H groups in total. The molecule has 3 heterocycles. The Bertz CT molecular complexity index is 643. The normalized spacial score (nSPS) is 15.8. The van der Waals surface area contributed by atoms with Crippen LogP contribution < -0.4 is 10.2 Å². The SMILES string of the molecule is CN=C(NCc1nccn1C)N1CCN(c2ncccn2)CC1. The summed E-state index contributed by atoms with van der Waals surface area (Å²) < 4.78 is 2.00. The second-order valence-electron chi connectivity index (χ2n) is 5.38. The van der Waals surface area contributed by atoms with Gasteiger partial charge in [0.25, 0.3) is 0 Å². The Labute approximate surface area is 135 Å². The fraction of sp³-hybridized carbons (Fsp3) is 0.467. The molecule has 8 heteroatoms. The Morgan fingerprint density at radius 3 is 2.48 bits per heavy atom. The number of aryl methyl sites for hydroxylation is 1. The van der Waals surface area contributed by atoms with Gasteiger partial charge in [-0.1, -0.05) is 0 Å². The van der Waals surface area contributed by atoms with Gasteiger partial charge in [-0.2, -0.15) is 0 Å². The summed E-state index contributed by atoms with van der Waals surface area (Å²) in [6, 6.07) is 1.84. The first-order valence-corrected chi connectivity index (χ1v) is 7.71. The maximum absolute atomic E-state index is 4.38. The molecule has 1 aliphatic rings. The Balaban J connectivity index is 1.54. The third kappa shape index (κ3) is 3.58. The van der Waals surface area contributed by atoms with Crippen LogP contribution in [0.5, 0.6) is 0 Å². The molecule has 0 spiro atoms. The third-order valence-corrected chi connectivity index (χ3v) is 3.95. The predicted octanol–water partition coefficient (Wildman–Crippen LogP) is 0.108. The topological polar surface area (TPSA) is 74.5 Å². The molecule has 1 saturated heterocycles. The summed E-state index contributed by atoms with van der Waals surface area (Å²) >= 11 is 0. The minimum absolute atomic E-state index is 0.665. The minimum Gasteiger partial charge on any atom is -0.349 e. The van der Waals surface area contributed by atoms with Crippen molar-refractivity contribution in [1.29, 1.82) is 0 Å². The largest absolute Gasteiger partial charge is 0.349 e. The van der Waals surface area contributed by atoms with Gasteiger partial charge >= 0.3 is 0 Å². The predicted molar refractivity (Wildman–Crippen MR) is 89.2 cm³/mol. The van der Waals surface area contributed by atoms with E-state index in [0.29, 0.717) is 6.54 Å². The number of aromatic nitrogens is 4. The Morgan fingerprint density at radius 1 is 1.13 bits per heavy atom. The lowest BCUT2D eigenvalue weighted by atomic mass is 10.3. The van der Waals surface area contributed by atoms with E-state index in [4.69, 9.17) is 0 Å². The highest BCUT2D eigenvalue weighted by Gasteiger charge is 2.21. The number of imidazole rings is 1. The van der Waals surface area contributed by atoms with Crippen molar-refractivity contribution >= 4 is 11.9 Å². The van der Waals surface area contributed by atoms with Gasteiger partial charge in [-0.25, -0.2) is 15.0 Å². The smallest absolute Gasteiger partial charge is 0.225 e. The third-order valence-electron chi connectivity index (χ3n) is 3.95. The van der Waals surface area contributed by atoms with Crippen molar-refractivity contribution in [3.05, 3.63) is 36.7 Å². The van der Waals surface area contributed by atoms with E-state index in [1.54, 1.807) is 18.6 Å². The van der Waals surface area contributed by atoms with Gasteiger partial charge in [-0.3, -0.25) is 4.99 Å². The standard InChI is InChI=1S/C15H22N8/c1-16-14(20-12-13-17-6-7-21(13)2)22-8-10-23(11-9-22)15-18-4-3-5-19-15/h3-7H,8-12H2,1-2H3,(H,16,20). The second kappa shape index (κ2) is 7.08. The van der Waals surface area contributed by atoms with Crippen LogP contribution in [0.15, 0.2) is 35.8 Å². The van der Waals surface area contributed by atoms with Crippen molar-refractivity contribution in [1.82, 2.24) is 29.7 Å². The lowest BCUT2D eigenvalue weighted by Crippen LogP contribution is -2.52. The average Bonchev–Trinajstić information content (AvgIpc) is 3.02. The first-order valence-electron chi connectivity index (χ1n) is 7.71. The van der Waals surface area contributed by atoms with Crippen LogP contribution in [0, 0.1) is 0 Å². The summed E-state index contributed by atoms with van der Waals surface area (Å²) in [6.07, 6.45) is 7.31. The number of aliphatic imine (C=N–C) groups is 1. The first-order chi connectivity index (χ1) is 11.3. The van der Waals surface area contributed by atoms with Crippen LogP contribution in [0.1, 0.15) is 5.82 Å². The molecule has 0 atom stereocenters. The van der Waals surface area contributed by atoms with Crippen LogP contribution in [-0.2, 0) is 13.6 Å². The monoisotopic (exact) mass is 314 g/mol. The molecule has 0 radical (unpaired) electrons. The Kier molecular flexibility index (Phi) is 4.70. The maximum Gasteiger partial charge on any atom is 0.225 e. The molecule has 0 aliphatic carbocycles. The number of guanidine groups is 1. The lowest BCUT2D eigenvalue weighted by molar-refractivity contribution is 0.369. The molecule has 2 aromatic rings. The lowest BCUT2D eigenvalue weighted by Gasteiger charge is -2.36. The molecule has 2 aromatic heterocycles. The zero-order valence-corrected chi connectivity index (χ0v) is 13.6. The molecular weight excluding hydrogens is 292 g/mol. The zero-order chi connectivity index (χ0) is 16.1. The summed E-state index contributed by atoms with van der Waals surface area (Å²) in [5, 5.41) is 3.38. The van der Waals surface area contributed by atoms with Crippen LogP contribution in [0.4, 0.5) is 5.95 Å². The van der Waals surface area contributed by atoms with Gasteiger partial charge in [0, 0.05) is 65.1 Å². The summed E-state index contributed by atoms with van der Waals surface area (Å²) in [5.41, 5.74) is 0. The second-order valence-corrected chi connectivity index (χ2v) is 5.38. The highest BCUT2D eigenvalue weighted by molar-refractivity contribution is 5.80. The van der Waals surface area contributed by atoms with Gasteiger partial charge in [-0.15, -0.1) is 0 Å². The minimum atomic E-state index is 0.665. The number of nitrogens with zero attached hydrogens (tertiary/aromatic N) is 7. The molecule has 1 aliphatic heterocycles. The van der Waals surface area contributed by atoms with E-state index < -0.39 is 0 Å². The van der Waals surface area contributed by atoms with Crippen molar-refractivity contribution in [2.24, 2.45) is 12.0 Å². The summed E-state index contributed by atoms with van der Waals surface area (Å²) in [4.78, 5) is 21.8. The van der Waals surface area contributed by atoms with Crippen molar-refractivity contribution in [2.45, 2.75) is 6.54 Å². The van der Waals surface area contributed by atoms with E-state index in [1.807, 2.05) is 30.9 Å². The molecule has 0 aromatic carbocycles. The van der Waals surface area contributed by atoms with Crippen LogP contribution in [0.3, 0.4) is 0 Å². The summed E-state index contributed by atoms with van der Waals surface area (Å²) in [6.45, 7) is 4.20. The van der Waals surface area contributed by atoms with Crippen LogP contribution in [-0.4, -0.2) is 63.6 Å². The van der Waals surface area contributed by atoms with Crippen molar-refractivity contribution in [3.63, 3.8) is 0 Å². The number of nitrogens with one attached hydrogen (secondary N) is 1. The Morgan fingerprint density at radius 2 is 1.87 bits per heavy atom. The fourth-order valence-electron chi connectivity index (χ4n) is 2.63. The average molecular weight is 314 g/mol. The zero-order valence-electron chi connectivity index (χ0n) is 13.6. The molecule has 23 heavy (non-hydrogen) atoms. The fourth-order valence-corrected chi connectivity index (χ4v) is 2.63. The van der Waals surface area contributed by atoms with Gasteiger partial charge < -0.3 is 19.7 Å². The number of rotatable bonds is 3. The van der Waals surface area contributed by atoms with E-state index in [2.05, 4.69) is 35.1 Å². The molecular formula is C15H22N8. The first kappa shape index (κ1) is 15.3. The van der Waals surface area contributed by atoms with Crippen LogP contribution in [0.2, 0.25) is 0 Å². The van der Waals surface area contributed by atoms with Gasteiger partial charge in [0.2, 0.25) is 5.95 Å². The summed E-state index contributed by atoms with van der Waals surface area (Å²) in [7, 11) is 3.80.